The minimum absolute atomic E-state index is 0.161. The summed E-state index contributed by atoms with van der Waals surface area (Å²) in [5.74, 6) is -0.442. The highest BCUT2D eigenvalue weighted by atomic mass is 19.4. The fraction of sp³-hybridized carbons (Fsp3) is 0.900. The number of nitrogens with zero attached hydrogens (tertiary/aromatic N) is 2. The van der Waals surface area contributed by atoms with E-state index in [1.807, 2.05) is 11.9 Å². The maximum atomic E-state index is 11.9. The molecule has 1 unspecified atom stereocenters. The van der Waals surface area contributed by atoms with E-state index in [1.165, 1.54) is 4.90 Å². The molecule has 0 bridgehead atoms. The van der Waals surface area contributed by atoms with Crippen LogP contribution in [0.5, 0.6) is 0 Å². The molecule has 0 aromatic carbocycles. The molecule has 8 heteroatoms. The molecule has 0 spiro atoms. The van der Waals surface area contributed by atoms with Crippen LogP contribution in [0.1, 0.15) is 0 Å². The molecule has 1 fully saturated rings. The molecule has 1 saturated heterocycles. The minimum atomic E-state index is -4.41. The highest BCUT2D eigenvalue weighted by molar-refractivity contribution is 5.78. The lowest BCUT2D eigenvalue weighted by atomic mass is 10.1. The van der Waals surface area contributed by atoms with Crippen molar-refractivity contribution in [1.29, 1.82) is 0 Å². The van der Waals surface area contributed by atoms with E-state index in [0.29, 0.717) is 19.6 Å². The van der Waals surface area contributed by atoms with Crippen LogP contribution in [0.25, 0.3) is 0 Å². The molecule has 106 valence electrons. The van der Waals surface area contributed by atoms with E-state index in [9.17, 15) is 18.0 Å². The van der Waals surface area contributed by atoms with E-state index in [1.54, 1.807) is 0 Å². The molecule has 0 aliphatic carbocycles. The largest absolute Gasteiger partial charge is 0.411 e. The first-order chi connectivity index (χ1) is 8.33. The molecule has 1 aliphatic rings. The number of likely N-dealkylation sites (N-methyl/N-ethyl adjacent to an activating group) is 1. The van der Waals surface area contributed by atoms with Crippen LogP contribution >= 0.6 is 0 Å². The van der Waals surface area contributed by atoms with Crippen molar-refractivity contribution in [1.82, 2.24) is 9.80 Å². The van der Waals surface area contributed by atoms with Gasteiger partial charge >= 0.3 is 6.18 Å². The normalized spacial score (nSPS) is 22.3. The first-order valence-corrected chi connectivity index (χ1v) is 5.66. The molecular weight excluding hydrogens is 251 g/mol. The number of nitrogens with two attached hydrogens (primary N) is 1. The standard InChI is InChI=1S/C10H18F3N3O2/c1-15-2-3-16(8(4-14)5-15)9(17)6-18-7-10(11,12)13/h8H,2-7,14H2,1H3. The Labute approximate surface area is 104 Å². The summed E-state index contributed by atoms with van der Waals surface area (Å²) < 4.78 is 40.0. The van der Waals surface area contributed by atoms with E-state index >= 15 is 0 Å². The first-order valence-electron chi connectivity index (χ1n) is 5.66. The van der Waals surface area contributed by atoms with Crippen LogP contribution in [0.4, 0.5) is 13.2 Å². The van der Waals surface area contributed by atoms with Gasteiger partial charge in [-0.05, 0) is 7.05 Å². The number of amides is 1. The zero-order valence-electron chi connectivity index (χ0n) is 10.2. The predicted octanol–water partition coefficient (Wildman–Crippen LogP) is -0.333. The van der Waals surface area contributed by atoms with Crippen LogP contribution in [0.15, 0.2) is 0 Å². The van der Waals surface area contributed by atoms with Crippen molar-refractivity contribution in [3.8, 4) is 0 Å². The van der Waals surface area contributed by atoms with Gasteiger partial charge in [0.05, 0.1) is 6.04 Å². The summed E-state index contributed by atoms with van der Waals surface area (Å²) >= 11 is 0. The van der Waals surface area contributed by atoms with E-state index in [-0.39, 0.29) is 12.6 Å². The Morgan fingerprint density at radius 3 is 2.67 bits per heavy atom. The van der Waals surface area contributed by atoms with E-state index < -0.39 is 25.3 Å². The molecule has 2 N–H and O–H groups in total. The van der Waals surface area contributed by atoms with Gasteiger partial charge in [0.25, 0.3) is 0 Å². The SMILES string of the molecule is CN1CCN(C(=O)COCC(F)(F)F)C(CN)C1. The molecule has 0 saturated carbocycles. The number of rotatable bonds is 4. The van der Waals surface area contributed by atoms with Gasteiger partial charge in [-0.3, -0.25) is 4.79 Å². The third-order valence-corrected chi connectivity index (χ3v) is 2.77. The summed E-state index contributed by atoms with van der Waals surface area (Å²) in [6.45, 7) is 0.102. The van der Waals surface area contributed by atoms with Crippen LogP contribution in [-0.2, 0) is 9.53 Å². The zero-order valence-corrected chi connectivity index (χ0v) is 10.2. The fourth-order valence-electron chi connectivity index (χ4n) is 1.88. The van der Waals surface area contributed by atoms with Crippen LogP contribution in [0, 0.1) is 0 Å². The monoisotopic (exact) mass is 269 g/mol. The third-order valence-electron chi connectivity index (χ3n) is 2.77. The third kappa shape index (κ3) is 4.79. The minimum Gasteiger partial charge on any atom is -0.362 e. The molecule has 1 atom stereocenters. The van der Waals surface area contributed by atoms with Crippen LogP contribution in [0.2, 0.25) is 0 Å². The number of piperazine rings is 1. The van der Waals surface area contributed by atoms with Gasteiger partial charge in [0.15, 0.2) is 0 Å². The molecule has 0 aromatic rings. The van der Waals surface area contributed by atoms with Crippen molar-refractivity contribution in [2.45, 2.75) is 12.2 Å². The molecule has 18 heavy (non-hydrogen) atoms. The van der Waals surface area contributed by atoms with E-state index in [2.05, 4.69) is 4.74 Å². The van der Waals surface area contributed by atoms with Gasteiger partial charge in [0.1, 0.15) is 13.2 Å². The molecular formula is C10H18F3N3O2. The summed E-state index contributed by atoms with van der Waals surface area (Å²) in [7, 11) is 1.91. The molecule has 5 nitrogen and oxygen atoms in total. The second kappa shape index (κ2) is 6.35. The van der Waals surface area contributed by atoms with Crippen molar-refractivity contribution in [2.24, 2.45) is 5.73 Å². The van der Waals surface area contributed by atoms with Gasteiger partial charge in [0, 0.05) is 26.2 Å². The number of halogens is 3. The van der Waals surface area contributed by atoms with Crippen molar-refractivity contribution >= 4 is 5.91 Å². The average molecular weight is 269 g/mol. The lowest BCUT2D eigenvalue weighted by molar-refractivity contribution is -0.178. The highest BCUT2D eigenvalue weighted by Gasteiger charge is 2.30. The van der Waals surface area contributed by atoms with Gasteiger partial charge in [-0.1, -0.05) is 0 Å². The maximum Gasteiger partial charge on any atom is 0.411 e. The second-order valence-corrected chi connectivity index (χ2v) is 4.35. The van der Waals surface area contributed by atoms with Crippen molar-refractivity contribution in [3.63, 3.8) is 0 Å². The quantitative estimate of drug-likeness (QED) is 0.759. The second-order valence-electron chi connectivity index (χ2n) is 4.35. The van der Waals surface area contributed by atoms with Crippen LogP contribution in [-0.4, -0.2) is 74.4 Å². The number of alkyl halides is 3. The summed E-state index contributed by atoms with van der Waals surface area (Å²) in [6.07, 6.45) is -4.41. The van der Waals surface area contributed by atoms with Crippen molar-refractivity contribution in [3.05, 3.63) is 0 Å². The van der Waals surface area contributed by atoms with Crippen molar-refractivity contribution in [2.75, 3.05) is 46.4 Å². The topological polar surface area (TPSA) is 58.8 Å². The predicted molar refractivity (Wildman–Crippen MR) is 58.9 cm³/mol. The summed E-state index contributed by atoms with van der Waals surface area (Å²) in [5.41, 5.74) is 5.55. The van der Waals surface area contributed by atoms with Crippen LogP contribution < -0.4 is 5.73 Å². The first kappa shape index (κ1) is 15.2. The maximum absolute atomic E-state index is 11.9. The zero-order chi connectivity index (χ0) is 13.8. The van der Waals surface area contributed by atoms with Gasteiger partial charge in [-0.25, -0.2) is 0 Å². The van der Waals surface area contributed by atoms with Gasteiger partial charge < -0.3 is 20.3 Å². The van der Waals surface area contributed by atoms with Gasteiger partial charge in [-0.2, -0.15) is 13.2 Å². The molecule has 1 amide bonds. The molecule has 1 aliphatic heterocycles. The summed E-state index contributed by atoms with van der Waals surface area (Å²) in [5, 5.41) is 0. The Morgan fingerprint density at radius 1 is 1.44 bits per heavy atom. The number of carbonyl (C=O) groups excluding carboxylic acids is 1. The van der Waals surface area contributed by atoms with Gasteiger partial charge in [0.2, 0.25) is 5.91 Å². The Bertz CT molecular complexity index is 286. The lowest BCUT2D eigenvalue weighted by Crippen LogP contribution is -2.57. The molecule has 0 aromatic heterocycles. The molecule has 0 radical (unpaired) electrons. The summed E-state index contributed by atoms with van der Waals surface area (Å²) in [6, 6.07) is -0.161. The van der Waals surface area contributed by atoms with E-state index in [0.717, 1.165) is 0 Å². The molecule has 1 heterocycles. The lowest BCUT2D eigenvalue weighted by Gasteiger charge is -2.39. The Balaban J connectivity index is 2.40. The number of ether oxygens (including phenoxy) is 1. The fourth-order valence-corrected chi connectivity index (χ4v) is 1.88. The Kier molecular flexibility index (Phi) is 5.36. The Hall–Kier alpha value is -0.860. The van der Waals surface area contributed by atoms with Crippen molar-refractivity contribution < 1.29 is 22.7 Å². The summed E-state index contributed by atoms with van der Waals surface area (Å²) in [4.78, 5) is 15.2. The number of carbonyl (C=O) groups is 1. The number of hydrogen-bond acceptors (Lipinski definition) is 4. The molecule has 1 rings (SSSR count). The highest BCUT2D eigenvalue weighted by Crippen LogP contribution is 2.15. The smallest absolute Gasteiger partial charge is 0.362 e. The van der Waals surface area contributed by atoms with Gasteiger partial charge in [-0.15, -0.1) is 0 Å². The van der Waals surface area contributed by atoms with Crippen LogP contribution in [0.3, 0.4) is 0 Å². The Morgan fingerprint density at radius 2 is 2.11 bits per heavy atom. The number of hydrogen-bond donors (Lipinski definition) is 1. The van der Waals surface area contributed by atoms with E-state index in [4.69, 9.17) is 5.73 Å². The average Bonchev–Trinajstić information content (AvgIpc) is 2.26.